The SMILES string of the molecule is COC[C@@H]1CN[C@@H]2CC[C@@]1(c1ccc(Cl)c(Cl)c1)C2.Cl. The maximum atomic E-state index is 6.21. The number of methoxy groups -OCH3 is 1. The number of piperidine rings is 1. The van der Waals surface area contributed by atoms with Crippen molar-refractivity contribution in [1.82, 2.24) is 5.32 Å². The zero-order valence-corrected chi connectivity index (χ0v) is 13.8. The molecule has 1 saturated heterocycles. The number of rotatable bonds is 3. The van der Waals surface area contributed by atoms with E-state index in [0.717, 1.165) is 13.2 Å². The largest absolute Gasteiger partial charge is 0.384 e. The number of halogens is 3. The lowest BCUT2D eigenvalue weighted by Crippen LogP contribution is -2.48. The summed E-state index contributed by atoms with van der Waals surface area (Å²) in [5.41, 5.74) is 1.54. The van der Waals surface area contributed by atoms with E-state index in [1.807, 2.05) is 6.07 Å². The van der Waals surface area contributed by atoms with Gasteiger partial charge >= 0.3 is 0 Å². The van der Waals surface area contributed by atoms with Gasteiger partial charge in [0.25, 0.3) is 0 Å². The number of hydrogen-bond donors (Lipinski definition) is 1. The molecule has 3 atom stereocenters. The summed E-state index contributed by atoms with van der Waals surface area (Å²) >= 11 is 12.3. The molecule has 1 N–H and O–H groups in total. The topological polar surface area (TPSA) is 21.3 Å². The summed E-state index contributed by atoms with van der Waals surface area (Å²) in [6.07, 6.45) is 3.62. The lowest BCUT2D eigenvalue weighted by atomic mass is 9.67. The van der Waals surface area contributed by atoms with Crippen LogP contribution in [0.3, 0.4) is 0 Å². The molecule has 3 rings (SSSR count). The van der Waals surface area contributed by atoms with Crippen molar-refractivity contribution >= 4 is 35.6 Å². The van der Waals surface area contributed by atoms with E-state index in [4.69, 9.17) is 27.9 Å². The molecule has 1 heterocycles. The van der Waals surface area contributed by atoms with Gasteiger partial charge in [-0.05, 0) is 37.0 Å². The van der Waals surface area contributed by atoms with Crippen molar-refractivity contribution < 1.29 is 4.74 Å². The van der Waals surface area contributed by atoms with E-state index in [2.05, 4.69) is 17.4 Å². The van der Waals surface area contributed by atoms with Crippen LogP contribution in [0.25, 0.3) is 0 Å². The Kier molecular flexibility index (Phi) is 5.25. The fourth-order valence-corrected chi connectivity index (χ4v) is 4.15. The van der Waals surface area contributed by atoms with Gasteiger partial charge in [-0.3, -0.25) is 0 Å². The third kappa shape index (κ3) is 2.69. The quantitative estimate of drug-likeness (QED) is 0.898. The zero-order chi connectivity index (χ0) is 13.5. The third-order valence-electron chi connectivity index (χ3n) is 4.85. The first-order valence-electron chi connectivity index (χ1n) is 6.83. The van der Waals surface area contributed by atoms with Gasteiger partial charge in [0.15, 0.2) is 0 Å². The van der Waals surface area contributed by atoms with E-state index in [9.17, 15) is 0 Å². The Bertz CT molecular complexity index is 482. The molecule has 0 radical (unpaired) electrons. The molecule has 2 aliphatic rings. The van der Waals surface area contributed by atoms with Crippen LogP contribution in [0, 0.1) is 5.92 Å². The first-order chi connectivity index (χ1) is 9.15. The van der Waals surface area contributed by atoms with E-state index in [0.29, 0.717) is 22.0 Å². The highest BCUT2D eigenvalue weighted by Gasteiger charge is 2.49. The second-order valence-corrected chi connectivity index (χ2v) is 6.60. The molecule has 1 saturated carbocycles. The van der Waals surface area contributed by atoms with Crippen molar-refractivity contribution in [1.29, 1.82) is 0 Å². The number of ether oxygens (including phenoxy) is 1. The smallest absolute Gasteiger partial charge is 0.0595 e. The summed E-state index contributed by atoms with van der Waals surface area (Å²) in [5.74, 6) is 0.508. The first-order valence-corrected chi connectivity index (χ1v) is 7.59. The van der Waals surface area contributed by atoms with Crippen molar-refractivity contribution in [2.75, 3.05) is 20.3 Å². The van der Waals surface area contributed by atoms with Crippen LogP contribution in [-0.2, 0) is 10.2 Å². The molecular formula is C15H20Cl3NO. The minimum Gasteiger partial charge on any atom is -0.384 e. The standard InChI is InChI=1S/C15H19Cl2NO.ClH/c1-19-9-11-8-18-12-4-5-15(11,7-12)10-2-3-13(16)14(17)6-10;/h2-3,6,11-12,18H,4-5,7-9H2,1H3;1H/t11-,12+,15-;/m0./s1. The van der Waals surface area contributed by atoms with Gasteiger partial charge in [-0.25, -0.2) is 0 Å². The molecule has 1 aromatic rings. The van der Waals surface area contributed by atoms with Gasteiger partial charge in [0.2, 0.25) is 0 Å². The molecule has 112 valence electrons. The number of benzene rings is 1. The highest BCUT2D eigenvalue weighted by Crippen LogP contribution is 2.50. The monoisotopic (exact) mass is 335 g/mol. The highest BCUT2D eigenvalue weighted by atomic mass is 35.5. The van der Waals surface area contributed by atoms with E-state index in [1.54, 1.807) is 7.11 Å². The maximum Gasteiger partial charge on any atom is 0.0595 e. The van der Waals surface area contributed by atoms with Gasteiger partial charge in [-0.1, -0.05) is 29.3 Å². The Labute approximate surface area is 136 Å². The average Bonchev–Trinajstić information content (AvgIpc) is 2.76. The molecular weight excluding hydrogens is 317 g/mol. The molecule has 0 unspecified atom stereocenters. The predicted molar refractivity (Wildman–Crippen MR) is 86.4 cm³/mol. The van der Waals surface area contributed by atoms with Gasteiger partial charge in [-0.15, -0.1) is 12.4 Å². The Morgan fingerprint density at radius 2 is 2.15 bits per heavy atom. The van der Waals surface area contributed by atoms with Crippen LogP contribution < -0.4 is 5.32 Å². The van der Waals surface area contributed by atoms with Crippen molar-refractivity contribution in [2.24, 2.45) is 5.92 Å². The second-order valence-electron chi connectivity index (χ2n) is 5.79. The normalized spacial score (nSPS) is 31.9. The fraction of sp³-hybridized carbons (Fsp3) is 0.600. The minimum absolute atomic E-state index is 0. The van der Waals surface area contributed by atoms with Gasteiger partial charge in [0, 0.05) is 31.0 Å². The lowest BCUT2D eigenvalue weighted by Gasteiger charge is -2.42. The second kappa shape index (κ2) is 6.41. The van der Waals surface area contributed by atoms with Crippen molar-refractivity contribution in [3.63, 3.8) is 0 Å². The van der Waals surface area contributed by atoms with E-state index < -0.39 is 0 Å². The lowest BCUT2D eigenvalue weighted by molar-refractivity contribution is 0.0889. The summed E-state index contributed by atoms with van der Waals surface area (Å²) in [4.78, 5) is 0. The van der Waals surface area contributed by atoms with Crippen LogP contribution in [0.1, 0.15) is 24.8 Å². The molecule has 2 fully saturated rings. The van der Waals surface area contributed by atoms with Crippen LogP contribution >= 0.6 is 35.6 Å². The summed E-state index contributed by atoms with van der Waals surface area (Å²) < 4.78 is 5.43. The minimum atomic E-state index is 0. The van der Waals surface area contributed by atoms with Gasteiger partial charge < -0.3 is 10.1 Å². The van der Waals surface area contributed by atoms with Crippen molar-refractivity contribution in [3.05, 3.63) is 33.8 Å². The Hall–Kier alpha value is 0.01000. The molecule has 1 aliphatic heterocycles. The molecule has 2 nitrogen and oxygen atoms in total. The summed E-state index contributed by atoms with van der Waals surface area (Å²) in [5, 5.41) is 4.92. The Balaban J connectivity index is 0.00000147. The highest BCUT2D eigenvalue weighted by molar-refractivity contribution is 6.42. The van der Waals surface area contributed by atoms with Crippen LogP contribution in [0.15, 0.2) is 18.2 Å². The summed E-state index contributed by atoms with van der Waals surface area (Å²) in [6, 6.07) is 6.76. The fourth-order valence-electron chi connectivity index (χ4n) is 3.85. The summed E-state index contributed by atoms with van der Waals surface area (Å²) in [6.45, 7) is 1.82. The molecule has 20 heavy (non-hydrogen) atoms. The maximum absolute atomic E-state index is 6.21. The van der Waals surface area contributed by atoms with Crippen molar-refractivity contribution in [3.8, 4) is 0 Å². The number of nitrogens with one attached hydrogen (secondary N) is 1. The van der Waals surface area contributed by atoms with Crippen LogP contribution in [0.5, 0.6) is 0 Å². The Morgan fingerprint density at radius 1 is 1.35 bits per heavy atom. The van der Waals surface area contributed by atoms with E-state index >= 15 is 0 Å². The zero-order valence-electron chi connectivity index (χ0n) is 11.5. The molecule has 0 amide bonds. The summed E-state index contributed by atoms with van der Waals surface area (Å²) in [7, 11) is 1.78. The number of fused-ring (bicyclic) bond motifs is 2. The molecule has 1 aromatic carbocycles. The molecule has 0 spiro atoms. The van der Waals surface area contributed by atoms with Crippen LogP contribution in [0.4, 0.5) is 0 Å². The van der Waals surface area contributed by atoms with Crippen LogP contribution in [0.2, 0.25) is 10.0 Å². The molecule has 0 aromatic heterocycles. The molecule has 5 heteroatoms. The predicted octanol–water partition coefficient (Wildman–Crippen LogP) is 4.07. The average molecular weight is 337 g/mol. The van der Waals surface area contributed by atoms with Gasteiger partial charge in [0.1, 0.15) is 0 Å². The van der Waals surface area contributed by atoms with Gasteiger partial charge in [-0.2, -0.15) is 0 Å². The van der Waals surface area contributed by atoms with Crippen molar-refractivity contribution in [2.45, 2.75) is 30.7 Å². The number of hydrogen-bond acceptors (Lipinski definition) is 2. The van der Waals surface area contributed by atoms with E-state index in [-0.39, 0.29) is 17.8 Å². The molecule has 2 bridgehead atoms. The van der Waals surface area contributed by atoms with E-state index in [1.165, 1.54) is 24.8 Å². The molecule has 1 aliphatic carbocycles. The first kappa shape index (κ1) is 16.4. The van der Waals surface area contributed by atoms with Crippen LogP contribution in [-0.4, -0.2) is 26.3 Å². The van der Waals surface area contributed by atoms with Gasteiger partial charge in [0.05, 0.1) is 16.7 Å². The third-order valence-corrected chi connectivity index (χ3v) is 5.59. The Morgan fingerprint density at radius 3 is 2.85 bits per heavy atom.